The molecule has 122 valence electrons. The monoisotopic (exact) mass is 351 g/mol. The molecule has 0 aliphatic carbocycles. The quantitative estimate of drug-likeness (QED) is 0.334. The van der Waals surface area contributed by atoms with Gasteiger partial charge >= 0.3 is 15.2 Å². The molecule has 0 bridgehead atoms. The van der Waals surface area contributed by atoms with Gasteiger partial charge in [-0.1, -0.05) is 0 Å². The normalized spacial score (nSPS) is 20.8. The lowest BCUT2D eigenvalue weighted by Gasteiger charge is -2.37. The average molecular weight is 352 g/mol. The van der Waals surface area contributed by atoms with Gasteiger partial charge < -0.3 is 36.5 Å². The lowest BCUT2D eigenvalue weighted by atomic mass is 9.92. The predicted octanol–water partition coefficient (Wildman–Crippen LogP) is -2.06. The molecule has 0 aromatic heterocycles. The van der Waals surface area contributed by atoms with Gasteiger partial charge in [0.2, 0.25) is 0 Å². The van der Waals surface area contributed by atoms with Crippen molar-refractivity contribution in [2.45, 2.75) is 31.1 Å². The molecular formula is C10H24ClNO6P2. The molecule has 1 saturated heterocycles. The van der Waals surface area contributed by atoms with Gasteiger partial charge in [-0.2, -0.15) is 0 Å². The number of likely N-dealkylation sites (tertiary alicyclic amines) is 1. The second kappa shape index (κ2) is 7.21. The first kappa shape index (κ1) is 20.6. The highest BCUT2D eigenvalue weighted by molar-refractivity contribution is 7.70. The molecule has 1 aliphatic heterocycles. The van der Waals surface area contributed by atoms with E-state index < -0.39 is 20.6 Å². The molecule has 1 rings (SSSR count). The topological polar surface area (TPSA) is 115 Å². The van der Waals surface area contributed by atoms with Gasteiger partial charge in [0.15, 0.2) is 5.40 Å². The van der Waals surface area contributed by atoms with Crippen LogP contribution in [-0.4, -0.2) is 56.6 Å². The molecule has 0 saturated carbocycles. The Morgan fingerprint density at radius 2 is 1.45 bits per heavy atom. The minimum atomic E-state index is -4.76. The van der Waals surface area contributed by atoms with E-state index in [4.69, 9.17) is 19.6 Å². The van der Waals surface area contributed by atoms with Crippen LogP contribution in [0.4, 0.5) is 0 Å². The molecule has 20 heavy (non-hydrogen) atoms. The maximum Gasteiger partial charge on any atom is 0.340 e. The zero-order valence-electron chi connectivity index (χ0n) is 11.7. The van der Waals surface area contributed by atoms with Crippen LogP contribution >= 0.6 is 15.2 Å². The van der Waals surface area contributed by atoms with Crippen LogP contribution in [0.1, 0.15) is 25.7 Å². The van der Waals surface area contributed by atoms with E-state index in [9.17, 15) is 9.13 Å². The fourth-order valence-electron chi connectivity index (χ4n) is 2.53. The largest absolute Gasteiger partial charge is 1.00 e. The third-order valence-corrected chi connectivity index (χ3v) is 7.77. The molecule has 1 heterocycles. The zero-order valence-corrected chi connectivity index (χ0v) is 14.3. The Morgan fingerprint density at radius 3 is 1.80 bits per heavy atom. The van der Waals surface area contributed by atoms with Crippen molar-refractivity contribution in [1.29, 1.82) is 0 Å². The molecule has 0 atom stereocenters. The predicted molar refractivity (Wildman–Crippen MR) is 71.7 cm³/mol. The maximum absolute atomic E-state index is 11.2. The van der Waals surface area contributed by atoms with Crippen LogP contribution < -0.4 is 12.4 Å². The third-order valence-electron chi connectivity index (χ3n) is 3.89. The molecule has 0 amide bonds. The molecule has 10 heteroatoms. The fourth-order valence-corrected chi connectivity index (χ4v) is 5.06. The van der Waals surface area contributed by atoms with Crippen LogP contribution in [0.5, 0.6) is 0 Å². The standard InChI is InChI=1S/C10H23NO6P2.ClH/c1-11(2)7-5-9(6-8-11)3-4-10(18(12,13)14)19(15,16)17;/h9-10H,3-8H2,1-2H3,(H3-,12,13,14,15,16,17);1H. The lowest BCUT2D eigenvalue weighted by molar-refractivity contribution is -0.896. The van der Waals surface area contributed by atoms with Crippen molar-refractivity contribution in [1.82, 2.24) is 0 Å². The highest BCUT2D eigenvalue weighted by Gasteiger charge is 2.43. The van der Waals surface area contributed by atoms with Crippen molar-refractivity contribution < 1.29 is 45.6 Å². The minimum Gasteiger partial charge on any atom is -1.00 e. The van der Waals surface area contributed by atoms with Gasteiger partial charge in [-0.3, -0.25) is 9.13 Å². The molecule has 0 aromatic carbocycles. The van der Waals surface area contributed by atoms with Gasteiger partial charge in [0.25, 0.3) is 0 Å². The summed E-state index contributed by atoms with van der Waals surface area (Å²) in [5, 5.41) is -1.84. The van der Waals surface area contributed by atoms with Crippen molar-refractivity contribution in [2.24, 2.45) is 5.92 Å². The number of rotatable bonds is 5. The number of hydrogen-bond donors (Lipinski definition) is 4. The minimum absolute atomic E-state index is 0. The van der Waals surface area contributed by atoms with Gasteiger partial charge in [-0.15, -0.1) is 0 Å². The highest BCUT2D eigenvalue weighted by Crippen LogP contribution is 2.61. The van der Waals surface area contributed by atoms with E-state index >= 15 is 0 Å². The average Bonchev–Trinajstić information content (AvgIpc) is 2.16. The number of halogens is 1. The number of piperidine rings is 1. The lowest BCUT2D eigenvalue weighted by Crippen LogP contribution is -3.00. The number of quaternary nitrogens is 1. The Balaban J connectivity index is 0.00000361. The van der Waals surface area contributed by atoms with E-state index in [2.05, 4.69) is 14.1 Å². The smallest absolute Gasteiger partial charge is 0.340 e. The Hall–Kier alpha value is 0.550. The van der Waals surface area contributed by atoms with E-state index in [1.54, 1.807) is 0 Å². The number of hydrogen-bond acceptors (Lipinski definition) is 2. The third kappa shape index (κ3) is 6.54. The van der Waals surface area contributed by atoms with Crippen LogP contribution in [0.3, 0.4) is 0 Å². The molecule has 1 aliphatic rings. The summed E-state index contributed by atoms with van der Waals surface area (Å²) in [6, 6.07) is 0. The molecule has 0 radical (unpaired) electrons. The molecule has 7 nitrogen and oxygen atoms in total. The Morgan fingerprint density at radius 1 is 1.05 bits per heavy atom. The van der Waals surface area contributed by atoms with Crippen molar-refractivity contribution >= 4 is 15.2 Å². The summed E-state index contributed by atoms with van der Waals surface area (Å²) in [6.45, 7) is 1.97. The van der Waals surface area contributed by atoms with Crippen LogP contribution in [0.15, 0.2) is 0 Å². The van der Waals surface area contributed by atoms with Crippen LogP contribution in [0, 0.1) is 5.92 Å². The van der Waals surface area contributed by atoms with E-state index in [-0.39, 0.29) is 18.8 Å². The van der Waals surface area contributed by atoms with Crippen LogP contribution in [0.2, 0.25) is 0 Å². The SMILES string of the molecule is C[N+]1(C)CCC(CCC(P(=O)(O)O)P(=O)(O)O)CC1.[Cl-]. The Labute approximate surface area is 125 Å². The van der Waals surface area contributed by atoms with Crippen LogP contribution in [0.25, 0.3) is 0 Å². The summed E-state index contributed by atoms with van der Waals surface area (Å²) < 4.78 is 23.2. The first-order valence-corrected chi connectivity index (χ1v) is 9.70. The highest BCUT2D eigenvalue weighted by atomic mass is 35.5. The van der Waals surface area contributed by atoms with Gasteiger partial charge in [0.1, 0.15) is 0 Å². The van der Waals surface area contributed by atoms with E-state index in [1.165, 1.54) is 0 Å². The Kier molecular flexibility index (Phi) is 7.41. The summed E-state index contributed by atoms with van der Waals surface area (Å²) in [4.78, 5) is 36.2. The van der Waals surface area contributed by atoms with Crippen LogP contribution in [-0.2, 0) is 9.13 Å². The van der Waals surface area contributed by atoms with Gasteiger partial charge in [0, 0.05) is 0 Å². The van der Waals surface area contributed by atoms with E-state index in [0.717, 1.165) is 30.4 Å². The summed E-state index contributed by atoms with van der Waals surface area (Å²) in [7, 11) is -5.26. The Bertz CT molecular complexity index is 375. The van der Waals surface area contributed by atoms with Gasteiger partial charge in [-0.25, -0.2) is 0 Å². The summed E-state index contributed by atoms with van der Waals surface area (Å²) in [6.07, 6.45) is 2.21. The molecule has 4 N–H and O–H groups in total. The molecular weight excluding hydrogens is 328 g/mol. The molecule has 0 spiro atoms. The molecule has 0 aromatic rings. The second-order valence-electron chi connectivity index (χ2n) is 6.06. The number of nitrogens with zero attached hydrogens (tertiary/aromatic N) is 1. The van der Waals surface area contributed by atoms with Gasteiger partial charge in [-0.05, 0) is 31.6 Å². The van der Waals surface area contributed by atoms with E-state index in [1.807, 2.05) is 0 Å². The summed E-state index contributed by atoms with van der Waals surface area (Å²) in [5.74, 6) is 0.298. The van der Waals surface area contributed by atoms with Crippen molar-refractivity contribution in [3.63, 3.8) is 0 Å². The summed E-state index contributed by atoms with van der Waals surface area (Å²) >= 11 is 0. The first-order chi connectivity index (χ1) is 8.42. The second-order valence-corrected chi connectivity index (χ2v) is 10.1. The molecule has 1 fully saturated rings. The van der Waals surface area contributed by atoms with Gasteiger partial charge in [0.05, 0.1) is 27.2 Å². The molecule has 0 unspecified atom stereocenters. The van der Waals surface area contributed by atoms with Crippen molar-refractivity contribution in [3.8, 4) is 0 Å². The van der Waals surface area contributed by atoms with E-state index in [0.29, 0.717) is 12.3 Å². The maximum atomic E-state index is 11.2. The van der Waals surface area contributed by atoms with Crippen molar-refractivity contribution in [3.05, 3.63) is 0 Å². The fraction of sp³-hybridized carbons (Fsp3) is 1.00. The summed E-state index contributed by atoms with van der Waals surface area (Å²) in [5.41, 5.74) is 0. The van der Waals surface area contributed by atoms with Crippen molar-refractivity contribution in [2.75, 3.05) is 27.2 Å². The zero-order chi connectivity index (χ0) is 14.9. The first-order valence-electron chi connectivity index (χ1n) is 6.34.